The van der Waals surface area contributed by atoms with Crippen molar-refractivity contribution >= 4 is 18.0 Å². The molecule has 1 heterocycles. The number of aromatic nitrogens is 1. The van der Waals surface area contributed by atoms with Crippen molar-refractivity contribution in [2.75, 3.05) is 5.43 Å². The summed E-state index contributed by atoms with van der Waals surface area (Å²) in [6.07, 6.45) is 4.38. The molecule has 0 fully saturated rings. The number of hydrogen-bond donors (Lipinski definition) is 2. The number of ether oxygens (including phenoxy) is 1. The van der Waals surface area contributed by atoms with E-state index in [0.29, 0.717) is 6.54 Å². The van der Waals surface area contributed by atoms with Gasteiger partial charge in [0.25, 0.3) is 0 Å². The maximum absolute atomic E-state index is 11.7. The van der Waals surface area contributed by atoms with Crippen molar-refractivity contribution in [3.8, 4) is 11.3 Å². The third-order valence-corrected chi connectivity index (χ3v) is 3.82. The van der Waals surface area contributed by atoms with E-state index in [4.69, 9.17) is 9.15 Å². The second-order valence-electron chi connectivity index (χ2n) is 7.41. The first kappa shape index (κ1) is 20.1. The van der Waals surface area contributed by atoms with Crippen LogP contribution in [-0.4, -0.2) is 22.9 Å². The molecular weight excluding hydrogens is 368 g/mol. The highest BCUT2D eigenvalue weighted by atomic mass is 16.6. The van der Waals surface area contributed by atoms with Crippen molar-refractivity contribution in [1.82, 2.24) is 10.3 Å². The Labute approximate surface area is 169 Å². The van der Waals surface area contributed by atoms with Crippen LogP contribution in [0.2, 0.25) is 0 Å². The molecule has 0 radical (unpaired) electrons. The maximum atomic E-state index is 11.7. The smallest absolute Gasteiger partial charge is 0.407 e. The molecular formula is C22H24N4O3. The molecule has 2 aromatic carbocycles. The number of alkyl carbamates (subject to hydrolysis) is 1. The summed E-state index contributed by atoms with van der Waals surface area (Å²) in [6, 6.07) is 15.4. The van der Waals surface area contributed by atoms with E-state index in [1.165, 1.54) is 6.39 Å². The van der Waals surface area contributed by atoms with Gasteiger partial charge >= 0.3 is 6.09 Å². The minimum Gasteiger partial charge on any atom is -0.444 e. The Balaban J connectivity index is 1.48. The van der Waals surface area contributed by atoms with Gasteiger partial charge < -0.3 is 14.5 Å². The van der Waals surface area contributed by atoms with Crippen LogP contribution < -0.4 is 10.7 Å². The fourth-order valence-corrected chi connectivity index (χ4v) is 2.46. The predicted octanol–water partition coefficient (Wildman–Crippen LogP) is 4.81. The van der Waals surface area contributed by atoms with Crippen molar-refractivity contribution in [1.29, 1.82) is 0 Å². The minimum absolute atomic E-state index is 0.405. The van der Waals surface area contributed by atoms with E-state index in [9.17, 15) is 4.79 Å². The fraction of sp³-hybridized carbons (Fsp3) is 0.227. The first-order valence-corrected chi connectivity index (χ1v) is 9.23. The average molecular weight is 392 g/mol. The third kappa shape index (κ3) is 6.49. The molecule has 7 heteroatoms. The van der Waals surface area contributed by atoms with Crippen molar-refractivity contribution in [2.24, 2.45) is 5.10 Å². The van der Waals surface area contributed by atoms with Crippen molar-refractivity contribution < 1.29 is 13.9 Å². The monoisotopic (exact) mass is 392 g/mol. The highest BCUT2D eigenvalue weighted by Gasteiger charge is 2.15. The Hall–Kier alpha value is -3.61. The number of anilines is 1. The van der Waals surface area contributed by atoms with Gasteiger partial charge in [0.2, 0.25) is 0 Å². The quantitative estimate of drug-likeness (QED) is 0.464. The summed E-state index contributed by atoms with van der Waals surface area (Å²) in [5.74, 6) is 0.723. The summed E-state index contributed by atoms with van der Waals surface area (Å²) < 4.78 is 10.5. The van der Waals surface area contributed by atoms with Crippen LogP contribution in [0.5, 0.6) is 0 Å². The Morgan fingerprint density at radius 2 is 1.86 bits per heavy atom. The van der Waals surface area contributed by atoms with Crippen LogP contribution in [0.3, 0.4) is 0 Å². The third-order valence-electron chi connectivity index (χ3n) is 3.82. The molecule has 0 unspecified atom stereocenters. The first-order valence-electron chi connectivity index (χ1n) is 9.23. The van der Waals surface area contributed by atoms with E-state index in [-0.39, 0.29) is 0 Å². The highest BCUT2D eigenvalue weighted by molar-refractivity contribution is 5.80. The molecule has 0 saturated heterocycles. The highest BCUT2D eigenvalue weighted by Crippen LogP contribution is 2.20. The molecule has 1 amide bonds. The number of rotatable bonds is 6. The molecule has 0 spiro atoms. The molecule has 1 aromatic heterocycles. The van der Waals surface area contributed by atoms with E-state index >= 15 is 0 Å². The molecule has 2 N–H and O–H groups in total. The van der Waals surface area contributed by atoms with Crippen molar-refractivity contribution in [3.05, 3.63) is 72.2 Å². The molecule has 0 bridgehead atoms. The topological polar surface area (TPSA) is 88.8 Å². The molecule has 3 aromatic rings. The summed E-state index contributed by atoms with van der Waals surface area (Å²) in [4.78, 5) is 15.6. The lowest BCUT2D eigenvalue weighted by atomic mass is 10.1. The number of carbonyl (C=O) groups excluding carboxylic acids is 1. The Morgan fingerprint density at radius 3 is 2.48 bits per heavy atom. The Morgan fingerprint density at radius 1 is 1.14 bits per heavy atom. The number of nitrogens with one attached hydrogen (secondary N) is 2. The van der Waals surface area contributed by atoms with Gasteiger partial charge in [-0.25, -0.2) is 9.78 Å². The number of benzene rings is 2. The molecule has 29 heavy (non-hydrogen) atoms. The number of carbonyl (C=O) groups is 1. The molecule has 0 aliphatic carbocycles. The summed E-state index contributed by atoms with van der Waals surface area (Å²) in [7, 11) is 0. The molecule has 150 valence electrons. The number of oxazole rings is 1. The van der Waals surface area contributed by atoms with Crippen LogP contribution in [-0.2, 0) is 11.3 Å². The summed E-state index contributed by atoms with van der Waals surface area (Å²) in [5.41, 5.74) is 6.22. The van der Waals surface area contributed by atoms with Crippen LogP contribution in [0.25, 0.3) is 11.3 Å². The predicted molar refractivity (Wildman–Crippen MR) is 113 cm³/mol. The second-order valence-corrected chi connectivity index (χ2v) is 7.41. The van der Waals surface area contributed by atoms with Gasteiger partial charge in [-0.1, -0.05) is 24.3 Å². The summed E-state index contributed by atoms with van der Waals surface area (Å²) in [5, 5.41) is 6.98. The Bertz CT molecular complexity index is 941. The van der Waals surface area contributed by atoms with Crippen LogP contribution in [0.4, 0.5) is 10.5 Å². The van der Waals surface area contributed by atoms with Gasteiger partial charge in [0.05, 0.1) is 18.1 Å². The van der Waals surface area contributed by atoms with Crippen LogP contribution in [0.1, 0.15) is 31.9 Å². The van der Waals surface area contributed by atoms with Gasteiger partial charge in [-0.15, -0.1) is 0 Å². The van der Waals surface area contributed by atoms with Crippen LogP contribution in [0.15, 0.2) is 70.6 Å². The molecule has 7 nitrogen and oxygen atoms in total. The van der Waals surface area contributed by atoms with Crippen molar-refractivity contribution in [3.63, 3.8) is 0 Å². The first-order chi connectivity index (χ1) is 13.9. The normalized spacial score (nSPS) is 11.4. The average Bonchev–Trinajstić information content (AvgIpc) is 3.21. The molecule has 0 aliphatic rings. The lowest BCUT2D eigenvalue weighted by Crippen LogP contribution is -2.32. The zero-order valence-corrected chi connectivity index (χ0v) is 16.7. The summed E-state index contributed by atoms with van der Waals surface area (Å²) in [6.45, 7) is 5.90. The maximum Gasteiger partial charge on any atom is 0.407 e. The zero-order chi connectivity index (χ0) is 20.7. The van der Waals surface area contributed by atoms with Gasteiger partial charge in [0.1, 0.15) is 5.60 Å². The van der Waals surface area contributed by atoms with Crippen LogP contribution in [0, 0.1) is 0 Å². The van der Waals surface area contributed by atoms with Gasteiger partial charge in [-0.05, 0) is 56.2 Å². The largest absolute Gasteiger partial charge is 0.444 e. The lowest BCUT2D eigenvalue weighted by molar-refractivity contribution is 0.0523. The second kappa shape index (κ2) is 9.05. The SMILES string of the molecule is CC(C)(C)OC(=O)NCc1ccc(/C=N/Nc2ccc(-c3cnco3)cc2)cc1. The number of nitrogens with zero attached hydrogens (tertiary/aromatic N) is 2. The van der Waals surface area contributed by atoms with Crippen LogP contribution >= 0.6 is 0 Å². The van der Waals surface area contributed by atoms with Gasteiger partial charge in [0.15, 0.2) is 12.2 Å². The lowest BCUT2D eigenvalue weighted by Gasteiger charge is -2.19. The van der Waals surface area contributed by atoms with Crippen molar-refractivity contribution in [2.45, 2.75) is 32.9 Å². The molecule has 0 atom stereocenters. The Kier molecular flexibility index (Phi) is 6.29. The molecule has 3 rings (SSSR count). The van der Waals surface area contributed by atoms with Gasteiger partial charge in [-0.3, -0.25) is 5.43 Å². The van der Waals surface area contributed by atoms with Gasteiger partial charge in [0, 0.05) is 12.1 Å². The number of amides is 1. The van der Waals surface area contributed by atoms with E-state index < -0.39 is 11.7 Å². The van der Waals surface area contributed by atoms with E-state index in [0.717, 1.165) is 28.1 Å². The zero-order valence-electron chi connectivity index (χ0n) is 16.7. The van der Waals surface area contributed by atoms with E-state index in [1.54, 1.807) is 12.4 Å². The number of hydrazone groups is 1. The van der Waals surface area contributed by atoms with E-state index in [2.05, 4.69) is 20.8 Å². The van der Waals surface area contributed by atoms with Gasteiger partial charge in [-0.2, -0.15) is 5.10 Å². The van der Waals surface area contributed by atoms with E-state index in [1.807, 2.05) is 69.3 Å². The summed E-state index contributed by atoms with van der Waals surface area (Å²) >= 11 is 0. The molecule has 0 aliphatic heterocycles. The number of hydrogen-bond acceptors (Lipinski definition) is 6. The fourth-order valence-electron chi connectivity index (χ4n) is 2.46. The standard InChI is InChI=1S/C22H24N4O3/c1-22(2,3)29-21(27)24-12-16-4-6-17(7-5-16)13-25-26-19-10-8-18(9-11-19)20-14-23-15-28-20/h4-11,13-15,26H,12H2,1-3H3,(H,24,27)/b25-13+. The molecule has 0 saturated carbocycles. The minimum atomic E-state index is -0.506.